The Bertz CT molecular complexity index is 260. The van der Waals surface area contributed by atoms with E-state index in [-0.39, 0.29) is 5.67 Å². The third-order valence-corrected chi connectivity index (χ3v) is 7.91. The maximum atomic E-state index is 5.93. The smallest absolute Gasteiger partial charge is 0.385 e. The van der Waals surface area contributed by atoms with Gasteiger partial charge in [0.25, 0.3) is 0 Å². The van der Waals surface area contributed by atoms with Gasteiger partial charge in [-0.15, -0.1) is 0 Å². The summed E-state index contributed by atoms with van der Waals surface area (Å²) in [7, 11) is 3.28. The number of piperazine rings is 1. The minimum absolute atomic E-state index is 0.236. The minimum atomic E-state index is -2.41. The number of hydrogen-bond donors (Lipinski definition) is 1. The molecule has 6 nitrogen and oxygen atoms in total. The quantitative estimate of drug-likeness (QED) is 0.664. The molecule has 2 saturated heterocycles. The van der Waals surface area contributed by atoms with Crippen LogP contribution in [-0.4, -0.2) is 91.1 Å². The molecule has 0 amide bonds. The van der Waals surface area contributed by atoms with Crippen LogP contribution in [0.2, 0.25) is 0 Å². The Labute approximate surface area is 110 Å². The fourth-order valence-electron chi connectivity index (χ4n) is 2.87. The molecule has 0 saturated carbocycles. The molecule has 2 heterocycles. The SMILES string of the molecule is CO[Si](OC)(C1COCCN1C)N1CCNCC1. The molecule has 0 radical (unpaired) electrons. The van der Waals surface area contributed by atoms with Gasteiger partial charge >= 0.3 is 8.72 Å². The summed E-state index contributed by atoms with van der Waals surface area (Å²) in [6, 6.07) is 0. The first kappa shape index (κ1) is 14.4. The molecule has 0 aromatic carbocycles. The summed E-state index contributed by atoms with van der Waals surface area (Å²) in [5, 5.41) is 3.37. The Morgan fingerprint density at radius 3 is 2.39 bits per heavy atom. The largest absolute Gasteiger partial charge is 0.447 e. The van der Waals surface area contributed by atoms with Gasteiger partial charge in [0.05, 0.1) is 18.9 Å². The van der Waals surface area contributed by atoms with Gasteiger partial charge in [-0.05, 0) is 7.05 Å². The van der Waals surface area contributed by atoms with E-state index in [0.29, 0.717) is 6.61 Å². The van der Waals surface area contributed by atoms with E-state index in [9.17, 15) is 0 Å². The summed E-state index contributed by atoms with van der Waals surface area (Å²) in [5.74, 6) is 0. The van der Waals surface area contributed by atoms with Gasteiger partial charge in [-0.3, -0.25) is 9.47 Å². The Balaban J connectivity index is 2.17. The molecule has 2 aliphatic heterocycles. The zero-order valence-electron chi connectivity index (χ0n) is 11.6. The summed E-state index contributed by atoms with van der Waals surface area (Å²) < 4.78 is 19.9. The summed E-state index contributed by atoms with van der Waals surface area (Å²) in [5.41, 5.74) is 0.236. The number of likely N-dealkylation sites (N-methyl/N-ethyl adjacent to an activating group) is 1. The number of nitrogens with zero attached hydrogens (tertiary/aromatic N) is 2. The third-order valence-electron chi connectivity index (χ3n) is 3.96. The van der Waals surface area contributed by atoms with E-state index >= 15 is 0 Å². The first-order valence-electron chi connectivity index (χ1n) is 6.58. The highest BCUT2D eigenvalue weighted by Gasteiger charge is 2.53. The van der Waals surface area contributed by atoms with Crippen LogP contribution < -0.4 is 5.32 Å². The van der Waals surface area contributed by atoms with Crippen LogP contribution in [-0.2, 0) is 13.6 Å². The van der Waals surface area contributed by atoms with E-state index in [4.69, 9.17) is 13.6 Å². The van der Waals surface area contributed by atoms with Crippen molar-refractivity contribution < 1.29 is 13.6 Å². The molecule has 1 unspecified atom stereocenters. The maximum Gasteiger partial charge on any atom is 0.447 e. The van der Waals surface area contributed by atoms with Gasteiger partial charge in [0.1, 0.15) is 0 Å². The fraction of sp³-hybridized carbons (Fsp3) is 1.00. The number of ether oxygens (including phenoxy) is 1. The molecule has 1 N–H and O–H groups in total. The van der Waals surface area contributed by atoms with Gasteiger partial charge < -0.3 is 18.9 Å². The van der Waals surface area contributed by atoms with E-state index in [1.807, 2.05) is 0 Å². The summed E-state index contributed by atoms with van der Waals surface area (Å²) >= 11 is 0. The van der Waals surface area contributed by atoms with Crippen LogP contribution in [0.25, 0.3) is 0 Å². The van der Waals surface area contributed by atoms with Crippen LogP contribution >= 0.6 is 0 Å². The van der Waals surface area contributed by atoms with Gasteiger partial charge in [0.2, 0.25) is 0 Å². The fourth-order valence-corrected chi connectivity index (χ4v) is 6.38. The van der Waals surface area contributed by atoms with Gasteiger partial charge in [-0.25, -0.2) is 0 Å². The van der Waals surface area contributed by atoms with Crippen molar-refractivity contribution in [2.24, 2.45) is 0 Å². The van der Waals surface area contributed by atoms with Gasteiger partial charge in [-0.1, -0.05) is 0 Å². The summed E-state index contributed by atoms with van der Waals surface area (Å²) in [4.78, 5) is 2.32. The third kappa shape index (κ3) is 2.62. The standard InChI is InChI=1S/C11H25N3O3Si/c1-13-8-9-17-10-11(13)18(15-2,16-3)14-6-4-12-5-7-14/h11-12H,4-10H2,1-3H3. The number of rotatable bonds is 4. The topological polar surface area (TPSA) is 46.2 Å². The second-order valence-corrected chi connectivity index (χ2v) is 8.22. The average Bonchev–Trinajstić information content (AvgIpc) is 2.44. The maximum absolute atomic E-state index is 5.93. The number of nitrogens with one attached hydrogen (secondary N) is 1. The van der Waals surface area contributed by atoms with Gasteiger partial charge in [0, 0.05) is 46.9 Å². The average molecular weight is 275 g/mol. The minimum Gasteiger partial charge on any atom is -0.385 e. The van der Waals surface area contributed by atoms with Crippen LogP contribution in [0.15, 0.2) is 0 Å². The first-order valence-corrected chi connectivity index (χ1v) is 8.42. The molecule has 0 bridgehead atoms. The van der Waals surface area contributed by atoms with Crippen molar-refractivity contribution in [3.63, 3.8) is 0 Å². The molecule has 0 aromatic heterocycles. The first-order chi connectivity index (χ1) is 8.74. The van der Waals surface area contributed by atoms with Crippen LogP contribution in [0.5, 0.6) is 0 Å². The molecule has 106 valence electrons. The molecule has 7 heteroatoms. The lowest BCUT2D eigenvalue weighted by Gasteiger charge is -2.48. The molecule has 18 heavy (non-hydrogen) atoms. The van der Waals surface area contributed by atoms with Crippen molar-refractivity contribution in [3.8, 4) is 0 Å². The normalized spacial score (nSPS) is 28.5. The zero-order valence-corrected chi connectivity index (χ0v) is 12.6. The number of morpholine rings is 1. The Hall–Kier alpha value is -0.0231. The van der Waals surface area contributed by atoms with Crippen molar-refractivity contribution in [1.82, 2.24) is 14.8 Å². The van der Waals surface area contributed by atoms with E-state index in [1.54, 1.807) is 14.2 Å². The van der Waals surface area contributed by atoms with Crippen molar-refractivity contribution in [3.05, 3.63) is 0 Å². The van der Waals surface area contributed by atoms with Gasteiger partial charge in [-0.2, -0.15) is 0 Å². The zero-order chi connectivity index (χ0) is 13.0. The summed E-state index contributed by atoms with van der Waals surface area (Å²) in [6.45, 7) is 6.41. The van der Waals surface area contributed by atoms with E-state index in [2.05, 4.69) is 21.8 Å². The lowest BCUT2D eigenvalue weighted by molar-refractivity contribution is -0.000224. The van der Waals surface area contributed by atoms with E-state index < -0.39 is 8.72 Å². The molecule has 0 aromatic rings. The monoisotopic (exact) mass is 275 g/mol. The van der Waals surface area contributed by atoms with Crippen molar-refractivity contribution in [2.45, 2.75) is 5.67 Å². The molecule has 2 fully saturated rings. The predicted octanol–water partition coefficient (Wildman–Crippen LogP) is -1.01. The molecule has 0 spiro atoms. The highest BCUT2D eigenvalue weighted by Crippen LogP contribution is 2.23. The van der Waals surface area contributed by atoms with Crippen LogP contribution in [0.1, 0.15) is 0 Å². The van der Waals surface area contributed by atoms with Crippen molar-refractivity contribution in [1.29, 1.82) is 0 Å². The Morgan fingerprint density at radius 1 is 1.17 bits per heavy atom. The second kappa shape index (κ2) is 6.42. The molecule has 1 atom stereocenters. The van der Waals surface area contributed by atoms with Crippen molar-refractivity contribution in [2.75, 3.05) is 67.2 Å². The Morgan fingerprint density at radius 2 is 1.83 bits per heavy atom. The summed E-state index contributed by atoms with van der Waals surface area (Å²) in [6.07, 6.45) is 0. The van der Waals surface area contributed by atoms with E-state index in [1.165, 1.54) is 0 Å². The van der Waals surface area contributed by atoms with Crippen LogP contribution in [0, 0.1) is 0 Å². The lowest BCUT2D eigenvalue weighted by atomic mass is 10.4. The van der Waals surface area contributed by atoms with Crippen LogP contribution in [0.3, 0.4) is 0 Å². The van der Waals surface area contributed by atoms with E-state index in [0.717, 1.165) is 39.3 Å². The van der Waals surface area contributed by atoms with Crippen LogP contribution in [0.4, 0.5) is 0 Å². The lowest BCUT2D eigenvalue weighted by Crippen LogP contribution is -2.74. The Kier molecular flexibility index (Phi) is 5.13. The molecule has 0 aliphatic carbocycles. The number of hydrogen-bond acceptors (Lipinski definition) is 6. The molecule has 2 rings (SSSR count). The highest BCUT2D eigenvalue weighted by atomic mass is 28.4. The predicted molar refractivity (Wildman–Crippen MR) is 71.5 cm³/mol. The highest BCUT2D eigenvalue weighted by molar-refractivity contribution is 6.66. The molecular formula is C11H25N3O3Si. The second-order valence-electron chi connectivity index (χ2n) is 4.85. The molecule has 2 aliphatic rings. The van der Waals surface area contributed by atoms with Crippen molar-refractivity contribution >= 4 is 8.72 Å². The van der Waals surface area contributed by atoms with Gasteiger partial charge in [0.15, 0.2) is 0 Å². The molecular weight excluding hydrogens is 250 g/mol.